The lowest BCUT2D eigenvalue weighted by atomic mass is 10.2. The molecule has 0 amide bonds. The van der Waals surface area contributed by atoms with Gasteiger partial charge in [0.1, 0.15) is 6.54 Å². The van der Waals surface area contributed by atoms with E-state index in [0.29, 0.717) is 11.6 Å². The lowest BCUT2D eigenvalue weighted by Crippen LogP contribution is -2.27. The highest BCUT2D eigenvalue weighted by Crippen LogP contribution is 2.45. The number of nitrogens with zero attached hydrogens (tertiary/aromatic N) is 1. The van der Waals surface area contributed by atoms with Crippen molar-refractivity contribution in [3.8, 4) is 0 Å². The summed E-state index contributed by atoms with van der Waals surface area (Å²) in [5, 5.41) is 0.681. The number of benzene rings is 1. The zero-order chi connectivity index (χ0) is 16.2. The van der Waals surface area contributed by atoms with Gasteiger partial charge in [-0.25, -0.2) is 0 Å². The first kappa shape index (κ1) is 15.4. The van der Waals surface area contributed by atoms with Crippen molar-refractivity contribution < 1.29 is 18.7 Å². The Kier molecular flexibility index (Phi) is 4.52. The molecule has 0 saturated heterocycles. The van der Waals surface area contributed by atoms with Crippen LogP contribution < -0.4 is 4.90 Å². The lowest BCUT2D eigenvalue weighted by molar-refractivity contribution is -0.141. The third-order valence-corrected chi connectivity index (χ3v) is 4.36. The number of hydrogen-bond acceptors (Lipinski definition) is 6. The Morgan fingerprint density at radius 3 is 2.83 bits per heavy atom. The maximum absolute atomic E-state index is 12.2. The molecule has 1 aliphatic heterocycles. The van der Waals surface area contributed by atoms with Crippen LogP contribution in [0.2, 0.25) is 0 Å². The molecule has 0 unspecified atom stereocenters. The normalized spacial score (nSPS) is 14.8. The quantitative estimate of drug-likeness (QED) is 0.475. The van der Waals surface area contributed by atoms with Crippen LogP contribution in [0.15, 0.2) is 63.1 Å². The van der Waals surface area contributed by atoms with E-state index in [1.807, 2.05) is 24.3 Å². The predicted octanol–water partition coefficient (Wildman–Crippen LogP) is 3.48. The van der Waals surface area contributed by atoms with E-state index in [0.717, 1.165) is 10.6 Å². The minimum absolute atomic E-state index is 0.0646. The highest BCUT2D eigenvalue weighted by Gasteiger charge is 2.28. The van der Waals surface area contributed by atoms with Gasteiger partial charge in [-0.15, -0.1) is 0 Å². The van der Waals surface area contributed by atoms with Crippen LogP contribution in [0, 0.1) is 0 Å². The number of furan rings is 1. The standard InChI is InChI=1S/C17H15NO4S/c1-2-21-17(20)11-18-12-6-3-4-8-15(12)23-16(18)10-13(19)14-7-5-9-22-14/h3-10H,2,11H2,1H3/b16-10+. The largest absolute Gasteiger partial charge is 0.465 e. The van der Waals surface area contributed by atoms with Crippen LogP contribution in [-0.4, -0.2) is 24.9 Å². The van der Waals surface area contributed by atoms with Gasteiger partial charge in [0.15, 0.2) is 5.76 Å². The van der Waals surface area contributed by atoms with Crippen molar-refractivity contribution in [3.63, 3.8) is 0 Å². The fourth-order valence-corrected chi connectivity index (χ4v) is 3.35. The molecule has 2 heterocycles. The van der Waals surface area contributed by atoms with Gasteiger partial charge in [0, 0.05) is 11.0 Å². The zero-order valence-electron chi connectivity index (χ0n) is 12.5. The van der Waals surface area contributed by atoms with Crippen LogP contribution in [0.4, 0.5) is 5.69 Å². The molecule has 0 N–H and O–H groups in total. The van der Waals surface area contributed by atoms with Crippen LogP contribution in [0.25, 0.3) is 0 Å². The summed E-state index contributed by atoms with van der Waals surface area (Å²) in [5.41, 5.74) is 0.893. The summed E-state index contributed by atoms with van der Waals surface area (Å²) < 4.78 is 10.1. The van der Waals surface area contributed by atoms with E-state index < -0.39 is 0 Å². The van der Waals surface area contributed by atoms with E-state index in [1.54, 1.807) is 24.0 Å². The summed E-state index contributed by atoms with van der Waals surface area (Å²) >= 11 is 1.45. The Morgan fingerprint density at radius 2 is 2.09 bits per heavy atom. The number of ether oxygens (including phenoxy) is 1. The van der Waals surface area contributed by atoms with Gasteiger partial charge < -0.3 is 14.1 Å². The van der Waals surface area contributed by atoms with Crippen molar-refractivity contribution in [2.75, 3.05) is 18.1 Å². The summed E-state index contributed by atoms with van der Waals surface area (Å²) in [4.78, 5) is 26.9. The van der Waals surface area contributed by atoms with Crippen molar-refractivity contribution >= 4 is 29.2 Å². The molecule has 0 radical (unpaired) electrons. The van der Waals surface area contributed by atoms with Crippen molar-refractivity contribution in [3.05, 3.63) is 59.5 Å². The molecule has 0 saturated carbocycles. The third kappa shape index (κ3) is 3.32. The van der Waals surface area contributed by atoms with E-state index in [4.69, 9.17) is 9.15 Å². The number of fused-ring (bicyclic) bond motifs is 1. The number of para-hydroxylation sites is 1. The van der Waals surface area contributed by atoms with Crippen LogP contribution >= 0.6 is 11.8 Å². The first-order valence-corrected chi connectivity index (χ1v) is 8.00. The molecule has 0 aliphatic carbocycles. The van der Waals surface area contributed by atoms with Gasteiger partial charge in [-0.2, -0.15) is 0 Å². The molecule has 118 valence electrons. The summed E-state index contributed by atoms with van der Waals surface area (Å²) in [6.07, 6.45) is 2.95. The van der Waals surface area contributed by atoms with Crippen molar-refractivity contribution in [1.82, 2.24) is 0 Å². The Balaban J connectivity index is 1.89. The smallest absolute Gasteiger partial charge is 0.325 e. The van der Waals surface area contributed by atoms with Gasteiger partial charge in [-0.05, 0) is 31.2 Å². The van der Waals surface area contributed by atoms with Gasteiger partial charge in [0.2, 0.25) is 5.78 Å². The van der Waals surface area contributed by atoms with Crippen LogP contribution in [0.1, 0.15) is 17.5 Å². The Morgan fingerprint density at radius 1 is 1.26 bits per heavy atom. The topological polar surface area (TPSA) is 59.8 Å². The number of allylic oxidation sites excluding steroid dienone is 1. The maximum Gasteiger partial charge on any atom is 0.325 e. The van der Waals surface area contributed by atoms with Crippen LogP contribution in [0.3, 0.4) is 0 Å². The molecule has 0 bridgehead atoms. The second-order valence-electron chi connectivity index (χ2n) is 4.79. The third-order valence-electron chi connectivity index (χ3n) is 3.25. The average molecular weight is 329 g/mol. The molecule has 0 spiro atoms. The van der Waals surface area contributed by atoms with E-state index in [2.05, 4.69) is 0 Å². The summed E-state index contributed by atoms with van der Waals surface area (Å²) in [6.45, 7) is 2.16. The highest BCUT2D eigenvalue weighted by atomic mass is 32.2. The lowest BCUT2D eigenvalue weighted by Gasteiger charge is -2.19. The number of carbonyl (C=O) groups excluding carboxylic acids is 2. The van der Waals surface area contributed by atoms with Gasteiger partial charge in [0.05, 0.1) is 23.6 Å². The summed E-state index contributed by atoms with van der Waals surface area (Å²) in [6, 6.07) is 11.0. The molecule has 1 aromatic carbocycles. The first-order valence-electron chi connectivity index (χ1n) is 7.18. The Labute approximate surface area is 137 Å². The number of esters is 1. The molecule has 1 aliphatic rings. The maximum atomic E-state index is 12.2. The van der Waals surface area contributed by atoms with Gasteiger partial charge in [-0.3, -0.25) is 9.59 Å². The molecular formula is C17H15NO4S. The molecule has 23 heavy (non-hydrogen) atoms. The van der Waals surface area contributed by atoms with Crippen molar-refractivity contribution in [1.29, 1.82) is 0 Å². The highest BCUT2D eigenvalue weighted by molar-refractivity contribution is 8.03. The zero-order valence-corrected chi connectivity index (χ0v) is 13.3. The fraction of sp³-hybridized carbons (Fsp3) is 0.176. The van der Waals surface area contributed by atoms with E-state index in [-0.39, 0.29) is 24.1 Å². The Hall–Kier alpha value is -2.47. The fourth-order valence-electron chi connectivity index (χ4n) is 2.26. The minimum atomic E-state index is -0.332. The molecular weight excluding hydrogens is 314 g/mol. The molecule has 0 fully saturated rings. The van der Waals surface area contributed by atoms with Gasteiger partial charge in [-0.1, -0.05) is 23.9 Å². The molecule has 1 aromatic heterocycles. The van der Waals surface area contributed by atoms with Crippen LogP contribution in [0.5, 0.6) is 0 Å². The second-order valence-corrected chi connectivity index (χ2v) is 5.85. The number of anilines is 1. The summed E-state index contributed by atoms with van der Waals surface area (Å²) in [5.74, 6) is -0.301. The molecule has 6 heteroatoms. The van der Waals surface area contributed by atoms with Crippen molar-refractivity contribution in [2.45, 2.75) is 11.8 Å². The monoisotopic (exact) mass is 329 g/mol. The molecule has 0 atom stereocenters. The molecule has 2 aromatic rings. The van der Waals surface area contributed by atoms with E-state index in [9.17, 15) is 9.59 Å². The molecule has 5 nitrogen and oxygen atoms in total. The number of ketones is 1. The Bertz CT molecular complexity index is 752. The van der Waals surface area contributed by atoms with E-state index >= 15 is 0 Å². The first-order chi connectivity index (χ1) is 11.2. The predicted molar refractivity (Wildman–Crippen MR) is 87.4 cm³/mol. The van der Waals surface area contributed by atoms with Gasteiger partial charge >= 0.3 is 5.97 Å². The van der Waals surface area contributed by atoms with E-state index in [1.165, 1.54) is 24.1 Å². The van der Waals surface area contributed by atoms with Gasteiger partial charge in [0.25, 0.3) is 0 Å². The number of thioether (sulfide) groups is 1. The number of carbonyl (C=O) groups is 2. The number of rotatable bonds is 5. The second kappa shape index (κ2) is 6.75. The van der Waals surface area contributed by atoms with Crippen molar-refractivity contribution in [2.24, 2.45) is 0 Å². The minimum Gasteiger partial charge on any atom is -0.465 e. The number of hydrogen-bond donors (Lipinski definition) is 0. The van der Waals surface area contributed by atoms with Crippen LogP contribution in [-0.2, 0) is 9.53 Å². The summed E-state index contributed by atoms with van der Waals surface area (Å²) in [7, 11) is 0. The molecule has 3 rings (SSSR count). The average Bonchev–Trinajstić information content (AvgIpc) is 3.17. The SMILES string of the molecule is CCOC(=O)CN1/C(=C\C(=O)c2ccco2)Sc2ccccc21.